The fourth-order valence-corrected chi connectivity index (χ4v) is 1.54. The number of hydrogen-bond acceptors (Lipinski definition) is 3. The van der Waals surface area contributed by atoms with Crippen molar-refractivity contribution in [3.05, 3.63) is 48.0 Å². The van der Waals surface area contributed by atoms with Gasteiger partial charge in [-0.15, -0.1) is 19.0 Å². The highest BCUT2D eigenvalue weighted by atomic mass is 35.5. The quantitative estimate of drug-likeness (QED) is 0.646. The van der Waals surface area contributed by atoms with Crippen LogP contribution in [0.3, 0.4) is 0 Å². The molecular formula is C13H18ClNO2. The lowest BCUT2D eigenvalue weighted by Crippen LogP contribution is -2.33. The van der Waals surface area contributed by atoms with Gasteiger partial charge < -0.3 is 10.5 Å². The number of esters is 1. The standard InChI is InChI=1S/C13H17NO2.ClH/c1-3-5-10-6-4-7-11(8-10)9-12(14)13(15)16-2;/h3-4,6-8,12H,1,5,9,14H2,2H3;1H. The second kappa shape index (κ2) is 7.87. The summed E-state index contributed by atoms with van der Waals surface area (Å²) < 4.78 is 4.58. The molecule has 0 heterocycles. The minimum absolute atomic E-state index is 0. The maximum Gasteiger partial charge on any atom is 0.322 e. The first-order chi connectivity index (χ1) is 7.67. The molecular weight excluding hydrogens is 238 g/mol. The predicted molar refractivity (Wildman–Crippen MR) is 71.3 cm³/mol. The van der Waals surface area contributed by atoms with Crippen LogP contribution >= 0.6 is 12.4 Å². The molecule has 1 atom stereocenters. The van der Waals surface area contributed by atoms with E-state index in [0.717, 1.165) is 12.0 Å². The number of methoxy groups -OCH3 is 1. The van der Waals surface area contributed by atoms with E-state index in [1.165, 1.54) is 12.7 Å². The van der Waals surface area contributed by atoms with E-state index in [1.807, 2.05) is 30.3 Å². The summed E-state index contributed by atoms with van der Waals surface area (Å²) in [5.74, 6) is -0.380. The van der Waals surface area contributed by atoms with Crippen LogP contribution in [0.2, 0.25) is 0 Å². The van der Waals surface area contributed by atoms with Crippen LogP contribution < -0.4 is 5.73 Å². The van der Waals surface area contributed by atoms with Crippen LogP contribution in [0.5, 0.6) is 0 Å². The molecule has 2 N–H and O–H groups in total. The molecule has 0 saturated heterocycles. The molecule has 0 fully saturated rings. The molecule has 0 aliphatic carbocycles. The third kappa shape index (κ3) is 5.02. The van der Waals surface area contributed by atoms with E-state index in [0.29, 0.717) is 6.42 Å². The van der Waals surface area contributed by atoms with E-state index in [9.17, 15) is 4.79 Å². The first-order valence-electron chi connectivity index (χ1n) is 5.19. The second-order valence-electron chi connectivity index (χ2n) is 3.65. The molecule has 1 aromatic carbocycles. The zero-order valence-corrected chi connectivity index (χ0v) is 10.7. The Labute approximate surface area is 108 Å². The van der Waals surface area contributed by atoms with Crippen molar-refractivity contribution in [2.45, 2.75) is 18.9 Å². The second-order valence-corrected chi connectivity index (χ2v) is 3.65. The van der Waals surface area contributed by atoms with E-state index in [-0.39, 0.29) is 18.4 Å². The summed E-state index contributed by atoms with van der Waals surface area (Å²) in [4.78, 5) is 11.2. The average molecular weight is 256 g/mol. The third-order valence-corrected chi connectivity index (χ3v) is 2.33. The largest absolute Gasteiger partial charge is 0.468 e. The average Bonchev–Trinajstić information content (AvgIpc) is 2.29. The Morgan fingerprint density at radius 3 is 2.76 bits per heavy atom. The van der Waals surface area contributed by atoms with E-state index in [1.54, 1.807) is 0 Å². The topological polar surface area (TPSA) is 52.3 Å². The Balaban J connectivity index is 0.00000256. The lowest BCUT2D eigenvalue weighted by molar-refractivity contribution is -0.142. The van der Waals surface area contributed by atoms with Gasteiger partial charge in [0.15, 0.2) is 0 Å². The van der Waals surface area contributed by atoms with Crippen molar-refractivity contribution < 1.29 is 9.53 Å². The van der Waals surface area contributed by atoms with Crippen LogP contribution in [-0.4, -0.2) is 19.1 Å². The van der Waals surface area contributed by atoms with Gasteiger partial charge in [-0.2, -0.15) is 0 Å². The predicted octanol–water partition coefficient (Wildman–Crippen LogP) is 1.88. The number of carbonyl (C=O) groups is 1. The molecule has 0 bridgehead atoms. The van der Waals surface area contributed by atoms with Crippen molar-refractivity contribution in [3.63, 3.8) is 0 Å². The molecule has 0 aliphatic heterocycles. The molecule has 3 nitrogen and oxygen atoms in total. The van der Waals surface area contributed by atoms with E-state index in [2.05, 4.69) is 11.3 Å². The summed E-state index contributed by atoms with van der Waals surface area (Å²) in [7, 11) is 1.34. The van der Waals surface area contributed by atoms with Crippen molar-refractivity contribution in [2.24, 2.45) is 5.73 Å². The molecule has 0 aromatic heterocycles. The van der Waals surface area contributed by atoms with Gasteiger partial charge in [0.25, 0.3) is 0 Å². The molecule has 1 unspecified atom stereocenters. The van der Waals surface area contributed by atoms with Gasteiger partial charge in [0.1, 0.15) is 6.04 Å². The van der Waals surface area contributed by atoms with Crippen LogP contribution in [-0.2, 0) is 22.4 Å². The van der Waals surface area contributed by atoms with Crippen LogP contribution in [0.4, 0.5) is 0 Å². The van der Waals surface area contributed by atoms with Crippen LogP contribution in [0.1, 0.15) is 11.1 Å². The summed E-state index contributed by atoms with van der Waals surface area (Å²) in [6.45, 7) is 3.69. The fraction of sp³-hybridized carbons (Fsp3) is 0.308. The minimum Gasteiger partial charge on any atom is -0.468 e. The third-order valence-electron chi connectivity index (χ3n) is 2.33. The first-order valence-corrected chi connectivity index (χ1v) is 5.19. The smallest absolute Gasteiger partial charge is 0.322 e. The zero-order chi connectivity index (χ0) is 12.0. The van der Waals surface area contributed by atoms with Crippen molar-refractivity contribution in [1.82, 2.24) is 0 Å². The Morgan fingerprint density at radius 2 is 2.18 bits per heavy atom. The van der Waals surface area contributed by atoms with Gasteiger partial charge in [0.2, 0.25) is 0 Å². The molecule has 0 aliphatic rings. The summed E-state index contributed by atoms with van der Waals surface area (Å²) in [6, 6.07) is 7.37. The van der Waals surface area contributed by atoms with Crippen LogP contribution in [0.25, 0.3) is 0 Å². The van der Waals surface area contributed by atoms with Crippen molar-refractivity contribution in [3.8, 4) is 0 Å². The summed E-state index contributed by atoms with van der Waals surface area (Å²) in [5, 5.41) is 0. The Kier molecular flexibility index (Phi) is 7.26. The zero-order valence-electron chi connectivity index (χ0n) is 9.89. The van der Waals surface area contributed by atoms with Gasteiger partial charge in [-0.3, -0.25) is 4.79 Å². The van der Waals surface area contributed by atoms with Gasteiger partial charge in [0, 0.05) is 0 Å². The molecule has 4 heteroatoms. The SMILES string of the molecule is C=CCc1cccc(CC(N)C(=O)OC)c1.Cl. The number of rotatable bonds is 5. The molecule has 1 rings (SSSR count). The number of nitrogens with two attached hydrogens (primary N) is 1. The Morgan fingerprint density at radius 1 is 1.53 bits per heavy atom. The lowest BCUT2D eigenvalue weighted by Gasteiger charge is -2.09. The molecule has 0 radical (unpaired) electrons. The van der Waals surface area contributed by atoms with E-state index >= 15 is 0 Å². The maximum atomic E-state index is 11.2. The number of benzene rings is 1. The number of hydrogen-bond donors (Lipinski definition) is 1. The van der Waals surface area contributed by atoms with Crippen LogP contribution in [0, 0.1) is 0 Å². The van der Waals surface area contributed by atoms with Gasteiger partial charge in [-0.05, 0) is 24.0 Å². The highest BCUT2D eigenvalue weighted by Crippen LogP contribution is 2.08. The Hall–Kier alpha value is -1.32. The minimum atomic E-state index is -0.594. The fourth-order valence-electron chi connectivity index (χ4n) is 1.54. The summed E-state index contributed by atoms with van der Waals surface area (Å²) in [5.41, 5.74) is 7.90. The first kappa shape index (κ1) is 15.7. The molecule has 0 amide bonds. The number of allylic oxidation sites excluding steroid dienone is 1. The highest BCUT2D eigenvalue weighted by molar-refractivity contribution is 5.85. The van der Waals surface area contributed by atoms with Gasteiger partial charge in [0.05, 0.1) is 7.11 Å². The number of carbonyl (C=O) groups excluding carboxylic acids is 1. The summed E-state index contributed by atoms with van der Waals surface area (Å²) >= 11 is 0. The van der Waals surface area contributed by atoms with E-state index in [4.69, 9.17) is 5.73 Å². The summed E-state index contributed by atoms with van der Waals surface area (Å²) in [6.07, 6.45) is 3.16. The van der Waals surface area contributed by atoms with Gasteiger partial charge in [-0.1, -0.05) is 30.3 Å². The lowest BCUT2D eigenvalue weighted by atomic mass is 10.0. The molecule has 94 valence electrons. The molecule has 0 saturated carbocycles. The number of ether oxygens (including phenoxy) is 1. The number of halogens is 1. The van der Waals surface area contributed by atoms with Gasteiger partial charge >= 0.3 is 5.97 Å². The maximum absolute atomic E-state index is 11.2. The molecule has 17 heavy (non-hydrogen) atoms. The van der Waals surface area contributed by atoms with Gasteiger partial charge in [-0.25, -0.2) is 0 Å². The highest BCUT2D eigenvalue weighted by Gasteiger charge is 2.13. The Bertz CT molecular complexity index is 379. The van der Waals surface area contributed by atoms with E-state index < -0.39 is 6.04 Å². The van der Waals surface area contributed by atoms with Crippen molar-refractivity contribution in [1.29, 1.82) is 0 Å². The van der Waals surface area contributed by atoms with Crippen molar-refractivity contribution in [2.75, 3.05) is 7.11 Å². The van der Waals surface area contributed by atoms with Crippen LogP contribution in [0.15, 0.2) is 36.9 Å². The monoisotopic (exact) mass is 255 g/mol. The molecule has 0 spiro atoms. The molecule has 1 aromatic rings. The van der Waals surface area contributed by atoms with Crippen molar-refractivity contribution >= 4 is 18.4 Å². The normalized spacial score (nSPS) is 11.2.